The number of carbonyl (C=O) groups excluding carboxylic acids is 1. The third-order valence-corrected chi connectivity index (χ3v) is 5.74. The molecule has 0 amide bonds. The van der Waals surface area contributed by atoms with Crippen molar-refractivity contribution >= 4 is 11.9 Å². The molecule has 0 bridgehead atoms. The molecule has 12 heteroatoms. The molecule has 7 N–H and O–H groups in total. The molecular formula is C21H30O12. The van der Waals surface area contributed by atoms with Crippen LogP contribution in [0.25, 0.3) is 0 Å². The van der Waals surface area contributed by atoms with Crippen LogP contribution in [-0.2, 0) is 25.7 Å². The van der Waals surface area contributed by atoms with Gasteiger partial charge in [-0.05, 0) is 23.6 Å². The smallest absolute Gasteiger partial charge is 0.342 e. The predicted molar refractivity (Wildman–Crippen MR) is 109 cm³/mol. The SMILES string of the molecule is CCC(C)[C@](O)(C(=O)OCc1ccc(O[C@@H]2O[C@H](CO)[C@@H](O)[C@H](O)[C@H]2O)cc1)[C@H](O)C(=O)O. The van der Waals surface area contributed by atoms with Crippen LogP contribution in [0.3, 0.4) is 0 Å². The van der Waals surface area contributed by atoms with Gasteiger partial charge in [0, 0.05) is 0 Å². The number of aliphatic hydroxyl groups excluding tert-OH is 5. The lowest BCUT2D eigenvalue weighted by Crippen LogP contribution is -2.60. The Kier molecular flexibility index (Phi) is 9.14. The molecule has 0 aliphatic carbocycles. The summed E-state index contributed by atoms with van der Waals surface area (Å²) in [6.45, 7) is 2.09. The molecule has 186 valence electrons. The number of benzene rings is 1. The van der Waals surface area contributed by atoms with Gasteiger partial charge < -0.3 is 50.0 Å². The minimum absolute atomic E-state index is 0.187. The number of rotatable bonds is 10. The summed E-state index contributed by atoms with van der Waals surface area (Å²) >= 11 is 0. The van der Waals surface area contributed by atoms with E-state index in [1.165, 1.54) is 31.2 Å². The molecule has 1 saturated heterocycles. The molecule has 33 heavy (non-hydrogen) atoms. The number of aliphatic carboxylic acids is 1. The van der Waals surface area contributed by atoms with E-state index >= 15 is 0 Å². The first-order valence-corrected chi connectivity index (χ1v) is 10.3. The maximum Gasteiger partial charge on any atom is 0.342 e. The number of esters is 1. The summed E-state index contributed by atoms with van der Waals surface area (Å²) in [5.41, 5.74) is -2.20. The highest BCUT2D eigenvalue weighted by Gasteiger charge is 2.52. The van der Waals surface area contributed by atoms with Crippen LogP contribution in [-0.4, -0.2) is 96.7 Å². The molecule has 1 heterocycles. The van der Waals surface area contributed by atoms with E-state index in [1.54, 1.807) is 6.92 Å². The zero-order chi connectivity index (χ0) is 24.9. The first-order valence-electron chi connectivity index (χ1n) is 10.3. The Bertz CT molecular complexity index is 797. The quantitative estimate of drug-likeness (QED) is 0.186. The number of ether oxygens (including phenoxy) is 3. The molecule has 0 radical (unpaired) electrons. The molecule has 1 fully saturated rings. The molecule has 2 rings (SSSR count). The monoisotopic (exact) mass is 474 g/mol. The van der Waals surface area contributed by atoms with Crippen LogP contribution in [0.5, 0.6) is 5.75 Å². The number of carboxylic acid groups (broad SMARTS) is 1. The van der Waals surface area contributed by atoms with Gasteiger partial charge in [-0.1, -0.05) is 32.4 Å². The lowest BCUT2D eigenvalue weighted by molar-refractivity contribution is -0.277. The summed E-state index contributed by atoms with van der Waals surface area (Å²) in [6, 6.07) is 5.81. The minimum atomic E-state index is -2.63. The van der Waals surface area contributed by atoms with Gasteiger partial charge in [-0.2, -0.15) is 0 Å². The summed E-state index contributed by atoms with van der Waals surface area (Å²) in [7, 11) is 0. The normalized spacial score (nSPS) is 28.9. The fourth-order valence-corrected chi connectivity index (χ4v) is 3.31. The average Bonchev–Trinajstić information content (AvgIpc) is 2.81. The molecule has 8 atom stereocenters. The van der Waals surface area contributed by atoms with Crippen molar-refractivity contribution in [3.05, 3.63) is 29.8 Å². The van der Waals surface area contributed by atoms with Gasteiger partial charge in [0.25, 0.3) is 0 Å². The van der Waals surface area contributed by atoms with E-state index < -0.39 is 66.9 Å². The fourth-order valence-electron chi connectivity index (χ4n) is 3.31. The van der Waals surface area contributed by atoms with Crippen molar-refractivity contribution in [1.29, 1.82) is 0 Å². The zero-order valence-electron chi connectivity index (χ0n) is 18.1. The van der Waals surface area contributed by atoms with Gasteiger partial charge >= 0.3 is 11.9 Å². The van der Waals surface area contributed by atoms with E-state index in [-0.39, 0.29) is 18.8 Å². The van der Waals surface area contributed by atoms with Crippen molar-refractivity contribution < 1.29 is 59.5 Å². The molecule has 0 spiro atoms. The number of carboxylic acids is 1. The minimum Gasteiger partial charge on any atom is -0.479 e. The van der Waals surface area contributed by atoms with Crippen LogP contribution in [0.1, 0.15) is 25.8 Å². The summed E-state index contributed by atoms with van der Waals surface area (Å²) in [4.78, 5) is 23.6. The lowest BCUT2D eigenvalue weighted by atomic mass is 9.82. The van der Waals surface area contributed by atoms with Crippen molar-refractivity contribution in [3.8, 4) is 5.75 Å². The molecular weight excluding hydrogens is 444 g/mol. The van der Waals surface area contributed by atoms with Crippen molar-refractivity contribution in [1.82, 2.24) is 0 Å². The Morgan fingerprint density at radius 2 is 1.73 bits per heavy atom. The summed E-state index contributed by atoms with van der Waals surface area (Å²) in [5.74, 6) is -3.75. The molecule has 1 unspecified atom stereocenters. The second-order valence-electron chi connectivity index (χ2n) is 7.91. The topological polar surface area (TPSA) is 203 Å². The van der Waals surface area contributed by atoms with E-state index in [0.717, 1.165) is 0 Å². The van der Waals surface area contributed by atoms with E-state index in [1.807, 2.05) is 0 Å². The average molecular weight is 474 g/mol. The van der Waals surface area contributed by atoms with Crippen molar-refractivity contribution in [2.24, 2.45) is 5.92 Å². The molecule has 12 nitrogen and oxygen atoms in total. The van der Waals surface area contributed by atoms with Crippen molar-refractivity contribution in [3.63, 3.8) is 0 Å². The van der Waals surface area contributed by atoms with E-state index in [4.69, 9.17) is 19.3 Å². The first-order chi connectivity index (χ1) is 15.5. The Morgan fingerprint density at radius 3 is 2.24 bits per heavy atom. The molecule has 1 aromatic rings. The third kappa shape index (κ3) is 5.79. The second kappa shape index (κ2) is 11.2. The highest BCUT2D eigenvalue weighted by Crippen LogP contribution is 2.28. The molecule has 0 aromatic heterocycles. The highest BCUT2D eigenvalue weighted by molar-refractivity contribution is 5.88. The largest absolute Gasteiger partial charge is 0.479 e. The van der Waals surface area contributed by atoms with Gasteiger partial charge in [0.2, 0.25) is 11.9 Å². The van der Waals surface area contributed by atoms with Crippen LogP contribution in [0.4, 0.5) is 0 Å². The summed E-state index contributed by atoms with van der Waals surface area (Å²) < 4.78 is 15.8. The Balaban J connectivity index is 2.03. The van der Waals surface area contributed by atoms with E-state index in [9.17, 15) is 40.2 Å². The van der Waals surface area contributed by atoms with Gasteiger partial charge in [-0.25, -0.2) is 9.59 Å². The number of hydrogen-bond donors (Lipinski definition) is 7. The number of carbonyl (C=O) groups is 2. The van der Waals surface area contributed by atoms with Crippen molar-refractivity contribution in [2.75, 3.05) is 6.61 Å². The molecule has 0 saturated carbocycles. The summed E-state index contributed by atoms with van der Waals surface area (Å²) in [5, 5.41) is 68.3. The zero-order valence-corrected chi connectivity index (χ0v) is 18.1. The van der Waals surface area contributed by atoms with E-state index in [0.29, 0.717) is 5.56 Å². The number of hydrogen-bond acceptors (Lipinski definition) is 11. The van der Waals surface area contributed by atoms with Crippen LogP contribution >= 0.6 is 0 Å². The van der Waals surface area contributed by atoms with Crippen LogP contribution in [0, 0.1) is 5.92 Å². The van der Waals surface area contributed by atoms with Crippen LogP contribution in [0.2, 0.25) is 0 Å². The van der Waals surface area contributed by atoms with Gasteiger partial charge in [0.1, 0.15) is 36.8 Å². The van der Waals surface area contributed by atoms with Gasteiger partial charge in [-0.3, -0.25) is 0 Å². The number of aliphatic hydroxyl groups is 6. The third-order valence-electron chi connectivity index (χ3n) is 5.74. The van der Waals surface area contributed by atoms with Gasteiger partial charge in [-0.15, -0.1) is 0 Å². The maximum absolute atomic E-state index is 12.4. The Labute approximate surface area is 189 Å². The molecule has 1 aromatic carbocycles. The fraction of sp³-hybridized carbons (Fsp3) is 0.619. The lowest BCUT2D eigenvalue weighted by Gasteiger charge is -2.39. The van der Waals surface area contributed by atoms with Crippen molar-refractivity contribution in [2.45, 2.75) is 69.3 Å². The van der Waals surface area contributed by atoms with Gasteiger partial charge in [0.15, 0.2) is 6.10 Å². The predicted octanol–water partition coefficient (Wildman–Crippen LogP) is -1.87. The second-order valence-corrected chi connectivity index (χ2v) is 7.91. The highest BCUT2D eigenvalue weighted by atomic mass is 16.7. The Morgan fingerprint density at radius 1 is 1.12 bits per heavy atom. The van der Waals surface area contributed by atoms with Crippen LogP contribution in [0.15, 0.2) is 24.3 Å². The van der Waals surface area contributed by atoms with Crippen LogP contribution < -0.4 is 4.74 Å². The molecule has 1 aliphatic rings. The maximum atomic E-state index is 12.4. The Hall–Kier alpha value is -2.32. The summed E-state index contributed by atoms with van der Waals surface area (Å²) in [6.07, 6.45) is -9.35. The molecule has 1 aliphatic heterocycles. The first kappa shape index (κ1) is 26.9. The van der Waals surface area contributed by atoms with Gasteiger partial charge in [0.05, 0.1) is 6.61 Å². The standard InChI is InChI=1S/C21H30O12/c1-3-10(2)21(30,17(26)18(27)28)20(29)31-9-11-4-6-12(7-5-11)32-19-16(25)15(24)14(23)13(8-22)33-19/h4-7,10,13-17,19,22-26,30H,3,8-9H2,1-2H3,(H,27,28)/t10?,13-,14-,15+,16-,17-,19-,21-/m1/s1. The van der Waals surface area contributed by atoms with E-state index in [2.05, 4.69) is 0 Å².